The molecule has 0 fully saturated rings. The van der Waals surface area contributed by atoms with Gasteiger partial charge in [-0.3, -0.25) is 19.0 Å². The second-order valence-corrected chi connectivity index (χ2v) is 13.0. The molecule has 1 aromatic heterocycles. The predicted octanol–water partition coefficient (Wildman–Crippen LogP) is 5.08. The van der Waals surface area contributed by atoms with Crippen molar-refractivity contribution in [3.63, 3.8) is 0 Å². The molecule has 1 atom stereocenters. The zero-order valence-electron chi connectivity index (χ0n) is 25.3. The monoisotopic (exact) mass is 604 g/mol. The Morgan fingerprint density at radius 2 is 1.56 bits per heavy atom. The molecular formula is C32H36N4O6S. The molecule has 4 rings (SSSR count). The number of benzene rings is 3. The number of anilines is 2. The van der Waals surface area contributed by atoms with Crippen LogP contribution in [0.2, 0.25) is 0 Å². The van der Waals surface area contributed by atoms with E-state index in [-0.39, 0.29) is 27.2 Å². The molecule has 0 aliphatic heterocycles. The summed E-state index contributed by atoms with van der Waals surface area (Å²) in [4.78, 5) is 39.5. The van der Waals surface area contributed by atoms with Crippen molar-refractivity contribution in [1.29, 1.82) is 0 Å². The number of esters is 1. The number of rotatable bonds is 8. The third-order valence-electron chi connectivity index (χ3n) is 7.19. The van der Waals surface area contributed by atoms with Gasteiger partial charge in [0.1, 0.15) is 5.69 Å². The summed E-state index contributed by atoms with van der Waals surface area (Å²) in [6.45, 7) is 10.7. The lowest BCUT2D eigenvalue weighted by molar-refractivity contribution is -0.123. The molecule has 0 saturated carbocycles. The Morgan fingerprint density at radius 1 is 0.930 bits per heavy atom. The number of hydrogen-bond acceptors (Lipinski definition) is 6. The molecule has 0 aliphatic carbocycles. The number of aromatic nitrogens is 2. The van der Waals surface area contributed by atoms with E-state index in [0.717, 1.165) is 5.56 Å². The molecule has 1 amide bonds. The minimum atomic E-state index is -4.08. The Hall–Kier alpha value is -4.64. The highest BCUT2D eigenvalue weighted by Gasteiger charge is 2.27. The van der Waals surface area contributed by atoms with E-state index in [2.05, 4.69) is 10.0 Å². The maximum Gasteiger partial charge on any atom is 0.341 e. The molecule has 4 aromatic rings. The molecule has 43 heavy (non-hydrogen) atoms. The molecule has 0 saturated heterocycles. The minimum absolute atomic E-state index is 0.00493. The zero-order chi connectivity index (χ0) is 31.7. The molecule has 0 spiro atoms. The average molecular weight is 605 g/mol. The smallest absolute Gasteiger partial charge is 0.341 e. The first-order valence-corrected chi connectivity index (χ1v) is 15.2. The van der Waals surface area contributed by atoms with E-state index in [0.29, 0.717) is 16.9 Å². The summed E-state index contributed by atoms with van der Waals surface area (Å²) in [5, 5.41) is 2.58. The van der Waals surface area contributed by atoms with Gasteiger partial charge in [-0.1, -0.05) is 63.2 Å². The molecule has 0 unspecified atom stereocenters. The van der Waals surface area contributed by atoms with E-state index in [1.54, 1.807) is 74.1 Å². The van der Waals surface area contributed by atoms with Gasteiger partial charge in [0.2, 0.25) is 0 Å². The van der Waals surface area contributed by atoms with Crippen molar-refractivity contribution >= 4 is 33.3 Å². The molecule has 0 radical (unpaired) electrons. The van der Waals surface area contributed by atoms with E-state index < -0.39 is 33.6 Å². The van der Waals surface area contributed by atoms with Gasteiger partial charge in [0.05, 0.1) is 27.5 Å². The molecule has 10 nitrogen and oxygen atoms in total. The normalized spacial score (nSPS) is 12.4. The maximum atomic E-state index is 13.4. The number of para-hydroxylation sites is 2. The van der Waals surface area contributed by atoms with Gasteiger partial charge < -0.3 is 10.1 Å². The standard InChI is InChI=1S/C32H36N4O6S/c1-20-17-18-23(32(4,5)6)19-27(20)43(40,41)34-26-16-12-11-15-25(26)31(39)42-22(3)29(37)33-28-21(2)35(7)36(30(28)38)24-13-9-8-10-14-24/h8-19,22,34H,1-7H3,(H,33,37)/t22-/m1/s1. The fraction of sp³-hybridized carbons (Fsp3) is 0.281. The van der Waals surface area contributed by atoms with Gasteiger partial charge in [-0.2, -0.15) is 0 Å². The maximum absolute atomic E-state index is 13.4. The number of carbonyl (C=O) groups is 2. The van der Waals surface area contributed by atoms with Crippen LogP contribution in [0.3, 0.4) is 0 Å². The van der Waals surface area contributed by atoms with Gasteiger partial charge in [0, 0.05) is 7.05 Å². The van der Waals surface area contributed by atoms with Crippen LogP contribution in [0.15, 0.2) is 82.5 Å². The lowest BCUT2D eigenvalue weighted by atomic mass is 9.87. The second kappa shape index (κ2) is 11.9. The fourth-order valence-electron chi connectivity index (χ4n) is 4.52. The van der Waals surface area contributed by atoms with E-state index in [1.807, 2.05) is 32.9 Å². The summed E-state index contributed by atoms with van der Waals surface area (Å²) in [5.74, 6) is -1.63. The quantitative estimate of drug-likeness (QED) is 0.270. The Kier molecular flexibility index (Phi) is 8.68. The molecule has 3 aromatic carbocycles. The highest BCUT2D eigenvalue weighted by molar-refractivity contribution is 7.92. The van der Waals surface area contributed by atoms with Crippen molar-refractivity contribution in [1.82, 2.24) is 9.36 Å². The van der Waals surface area contributed by atoms with Crippen LogP contribution in [0, 0.1) is 13.8 Å². The highest BCUT2D eigenvalue weighted by Crippen LogP contribution is 2.29. The number of nitrogens with zero attached hydrogens (tertiary/aromatic N) is 2. The Labute approximate surface area is 251 Å². The van der Waals surface area contributed by atoms with E-state index in [9.17, 15) is 22.8 Å². The van der Waals surface area contributed by atoms with Crippen LogP contribution in [0.25, 0.3) is 5.69 Å². The van der Waals surface area contributed by atoms with Crippen molar-refractivity contribution < 1.29 is 22.7 Å². The van der Waals surface area contributed by atoms with Crippen LogP contribution in [0.1, 0.15) is 54.9 Å². The van der Waals surface area contributed by atoms with Crippen LogP contribution < -0.4 is 15.6 Å². The summed E-state index contributed by atoms with van der Waals surface area (Å²) in [7, 11) is -2.38. The molecule has 226 valence electrons. The number of amides is 1. The Morgan fingerprint density at radius 3 is 2.21 bits per heavy atom. The van der Waals surface area contributed by atoms with Gasteiger partial charge in [-0.15, -0.1) is 0 Å². The van der Waals surface area contributed by atoms with Crippen molar-refractivity contribution in [2.75, 3.05) is 10.0 Å². The van der Waals surface area contributed by atoms with E-state index >= 15 is 0 Å². The largest absolute Gasteiger partial charge is 0.449 e. The summed E-state index contributed by atoms with van der Waals surface area (Å²) < 4.78 is 37.9. The number of carbonyl (C=O) groups excluding carboxylic acids is 2. The SMILES string of the molecule is Cc1ccc(C(C)(C)C)cc1S(=O)(=O)Nc1ccccc1C(=O)O[C@H](C)C(=O)Nc1c(C)n(C)n(-c2ccccc2)c1=O. The Balaban J connectivity index is 1.54. The third kappa shape index (κ3) is 6.56. The molecule has 0 aliphatic rings. The molecule has 2 N–H and O–H groups in total. The van der Waals surface area contributed by atoms with Crippen LogP contribution in [-0.4, -0.2) is 35.8 Å². The Bertz CT molecular complexity index is 1850. The van der Waals surface area contributed by atoms with Crippen LogP contribution in [0.4, 0.5) is 11.4 Å². The molecule has 1 heterocycles. The van der Waals surface area contributed by atoms with E-state index in [1.165, 1.54) is 23.7 Å². The van der Waals surface area contributed by atoms with Gasteiger partial charge in [-0.25, -0.2) is 17.9 Å². The van der Waals surface area contributed by atoms with Gasteiger partial charge >= 0.3 is 5.97 Å². The second-order valence-electron chi connectivity index (χ2n) is 11.4. The first kappa shape index (κ1) is 31.3. The number of hydrogen-bond donors (Lipinski definition) is 2. The van der Waals surface area contributed by atoms with Crippen LogP contribution >= 0.6 is 0 Å². The van der Waals surface area contributed by atoms with Gasteiger partial charge in [-0.05, 0) is 67.6 Å². The summed E-state index contributed by atoms with van der Waals surface area (Å²) in [6.07, 6.45) is -1.30. The van der Waals surface area contributed by atoms with Crippen LogP contribution in [-0.2, 0) is 32.0 Å². The first-order valence-electron chi connectivity index (χ1n) is 13.7. The third-order valence-corrected chi connectivity index (χ3v) is 8.70. The van der Waals surface area contributed by atoms with E-state index in [4.69, 9.17) is 4.74 Å². The highest BCUT2D eigenvalue weighted by atomic mass is 32.2. The summed E-state index contributed by atoms with van der Waals surface area (Å²) >= 11 is 0. The topological polar surface area (TPSA) is 128 Å². The minimum Gasteiger partial charge on any atom is -0.449 e. The lowest BCUT2D eigenvalue weighted by Gasteiger charge is -2.21. The fourth-order valence-corrected chi connectivity index (χ4v) is 5.87. The average Bonchev–Trinajstić information content (AvgIpc) is 3.15. The first-order chi connectivity index (χ1) is 20.1. The molecule has 0 bridgehead atoms. The van der Waals surface area contributed by atoms with Crippen molar-refractivity contribution in [2.45, 2.75) is 58.0 Å². The lowest BCUT2D eigenvalue weighted by Crippen LogP contribution is -2.32. The number of sulfonamides is 1. The number of nitrogens with one attached hydrogen (secondary N) is 2. The zero-order valence-corrected chi connectivity index (χ0v) is 26.1. The predicted molar refractivity (Wildman–Crippen MR) is 166 cm³/mol. The number of ether oxygens (including phenoxy) is 1. The van der Waals surface area contributed by atoms with Crippen molar-refractivity contribution in [3.8, 4) is 5.69 Å². The van der Waals surface area contributed by atoms with Crippen molar-refractivity contribution in [3.05, 3.63) is 106 Å². The molecular weight excluding hydrogens is 568 g/mol. The molecule has 11 heteroatoms. The summed E-state index contributed by atoms with van der Waals surface area (Å²) in [6, 6.07) is 20.2. The number of aryl methyl sites for hydroxylation is 1. The van der Waals surface area contributed by atoms with Gasteiger partial charge in [0.25, 0.3) is 21.5 Å². The van der Waals surface area contributed by atoms with Crippen LogP contribution in [0.5, 0.6) is 0 Å². The van der Waals surface area contributed by atoms with Gasteiger partial charge in [0.15, 0.2) is 6.10 Å². The summed E-state index contributed by atoms with van der Waals surface area (Å²) in [5.41, 5.74) is 1.79. The van der Waals surface area contributed by atoms with Crippen molar-refractivity contribution in [2.24, 2.45) is 7.05 Å².